The number of likely N-dealkylation sites (N-methyl/N-ethyl adjacent to an activating group) is 1. The van der Waals surface area contributed by atoms with Crippen molar-refractivity contribution >= 4 is 40.8 Å². The fourth-order valence-electron chi connectivity index (χ4n) is 2.60. The third-order valence-electron chi connectivity index (χ3n) is 4.16. The van der Waals surface area contributed by atoms with E-state index in [1.807, 2.05) is 25.1 Å². The first-order valence-corrected chi connectivity index (χ1v) is 10.7. The summed E-state index contributed by atoms with van der Waals surface area (Å²) < 4.78 is 5.71. The van der Waals surface area contributed by atoms with Gasteiger partial charge in [0.15, 0.2) is 0 Å². The number of thioether (sulfide) groups is 1. The van der Waals surface area contributed by atoms with E-state index in [1.165, 1.54) is 6.08 Å². The van der Waals surface area contributed by atoms with E-state index in [-0.39, 0.29) is 16.8 Å². The predicted molar refractivity (Wildman–Crippen MR) is 122 cm³/mol. The first kappa shape index (κ1) is 23.2. The lowest BCUT2D eigenvalue weighted by molar-refractivity contribution is -0.115. The van der Waals surface area contributed by atoms with E-state index < -0.39 is 11.1 Å². The molecule has 10 nitrogen and oxygen atoms in total. The Hall–Kier alpha value is -3.44. The van der Waals surface area contributed by atoms with Gasteiger partial charge in [0.05, 0.1) is 10.6 Å². The largest absolute Gasteiger partial charge is 0.476 e. The van der Waals surface area contributed by atoms with Crippen molar-refractivity contribution in [2.24, 2.45) is 0 Å². The summed E-state index contributed by atoms with van der Waals surface area (Å²) in [6.45, 7) is 1.84. The summed E-state index contributed by atoms with van der Waals surface area (Å²) >= 11 is 0.810. The van der Waals surface area contributed by atoms with Crippen molar-refractivity contribution in [1.82, 2.24) is 25.5 Å². The highest BCUT2D eigenvalue weighted by atomic mass is 32.2. The molecule has 168 valence electrons. The molecule has 0 bridgehead atoms. The first-order chi connectivity index (χ1) is 15.4. The highest BCUT2D eigenvalue weighted by Crippen LogP contribution is 2.26. The molecule has 1 aromatic carbocycles. The van der Waals surface area contributed by atoms with Crippen LogP contribution in [-0.2, 0) is 4.79 Å². The molecule has 11 heteroatoms. The average molecular weight is 457 g/mol. The van der Waals surface area contributed by atoms with Crippen LogP contribution in [-0.4, -0.2) is 72.3 Å². The first-order valence-electron chi connectivity index (χ1n) is 9.89. The van der Waals surface area contributed by atoms with Gasteiger partial charge in [0.1, 0.15) is 6.61 Å². The van der Waals surface area contributed by atoms with Crippen LogP contribution in [0.4, 0.5) is 10.7 Å². The Labute approximate surface area is 189 Å². The number of carbonyl (C=O) groups excluding carboxylic acids is 3. The molecule has 1 fully saturated rings. The van der Waals surface area contributed by atoms with Crippen LogP contribution in [0.3, 0.4) is 0 Å². The highest BCUT2D eigenvalue weighted by Gasteiger charge is 2.25. The summed E-state index contributed by atoms with van der Waals surface area (Å²) in [6.07, 6.45) is 1.51. The summed E-state index contributed by atoms with van der Waals surface area (Å²) in [6, 6.07) is 10.5. The number of nitrogens with zero attached hydrogens (tertiary/aromatic N) is 3. The summed E-state index contributed by atoms with van der Waals surface area (Å²) in [4.78, 5) is 46.3. The fraction of sp³-hybridized carbons (Fsp3) is 0.286. The molecule has 0 saturated carbocycles. The van der Waals surface area contributed by atoms with Crippen LogP contribution in [0.25, 0.3) is 6.08 Å². The average Bonchev–Trinajstić information content (AvgIpc) is 3.08. The number of rotatable bonds is 10. The lowest BCUT2D eigenvalue weighted by Gasteiger charge is -2.12. The second kappa shape index (κ2) is 11.3. The molecule has 1 aliphatic heterocycles. The third kappa shape index (κ3) is 7.06. The maximum atomic E-state index is 12.1. The van der Waals surface area contributed by atoms with Crippen molar-refractivity contribution < 1.29 is 19.1 Å². The SMILES string of the molecule is CN(C)CCOc1cc(/C=C2/SC(=O)NC2=O)nc(NCCNC(=O)c2ccccc2)n1. The number of imide groups is 1. The van der Waals surface area contributed by atoms with Crippen LogP contribution < -0.4 is 20.7 Å². The summed E-state index contributed by atoms with van der Waals surface area (Å²) in [5, 5.41) is 7.64. The summed E-state index contributed by atoms with van der Waals surface area (Å²) in [5.41, 5.74) is 0.999. The van der Waals surface area contributed by atoms with Crippen LogP contribution >= 0.6 is 11.8 Å². The van der Waals surface area contributed by atoms with Crippen molar-refractivity contribution in [3.8, 4) is 5.88 Å². The molecule has 2 heterocycles. The molecular formula is C21H24N6O4S. The van der Waals surface area contributed by atoms with E-state index in [1.54, 1.807) is 30.3 Å². The molecular weight excluding hydrogens is 432 g/mol. The molecule has 3 rings (SSSR count). The summed E-state index contributed by atoms with van der Waals surface area (Å²) in [5.74, 6) is -0.0255. The highest BCUT2D eigenvalue weighted by molar-refractivity contribution is 8.18. The molecule has 0 atom stereocenters. The van der Waals surface area contributed by atoms with Gasteiger partial charge in [-0.3, -0.25) is 19.7 Å². The van der Waals surface area contributed by atoms with E-state index >= 15 is 0 Å². The molecule has 1 aliphatic rings. The molecule has 0 aliphatic carbocycles. The van der Waals surface area contributed by atoms with Crippen molar-refractivity contribution in [3.05, 3.63) is 52.6 Å². The van der Waals surface area contributed by atoms with E-state index in [0.717, 1.165) is 11.8 Å². The zero-order valence-corrected chi connectivity index (χ0v) is 18.6. The minimum absolute atomic E-state index is 0.173. The van der Waals surface area contributed by atoms with Gasteiger partial charge in [0.25, 0.3) is 17.1 Å². The molecule has 1 aromatic heterocycles. The Morgan fingerprint density at radius 2 is 1.97 bits per heavy atom. The topological polar surface area (TPSA) is 126 Å². The van der Waals surface area contributed by atoms with Gasteiger partial charge in [0, 0.05) is 31.3 Å². The minimum atomic E-state index is -0.466. The Bertz CT molecular complexity index is 1010. The van der Waals surface area contributed by atoms with Gasteiger partial charge < -0.3 is 20.3 Å². The number of amides is 3. The minimum Gasteiger partial charge on any atom is -0.476 e. The number of nitrogens with one attached hydrogen (secondary N) is 3. The normalized spacial score (nSPS) is 14.5. The van der Waals surface area contributed by atoms with E-state index in [4.69, 9.17) is 4.74 Å². The number of anilines is 1. The van der Waals surface area contributed by atoms with Crippen LogP contribution in [0.2, 0.25) is 0 Å². The predicted octanol–water partition coefficient (Wildman–Crippen LogP) is 1.58. The van der Waals surface area contributed by atoms with Gasteiger partial charge >= 0.3 is 0 Å². The lowest BCUT2D eigenvalue weighted by atomic mass is 10.2. The second-order valence-corrected chi connectivity index (χ2v) is 8.02. The molecule has 1 saturated heterocycles. The van der Waals surface area contributed by atoms with Gasteiger partial charge in [-0.05, 0) is 44.1 Å². The maximum Gasteiger partial charge on any atom is 0.290 e. The van der Waals surface area contributed by atoms with Crippen LogP contribution in [0, 0.1) is 0 Å². The molecule has 32 heavy (non-hydrogen) atoms. The van der Waals surface area contributed by atoms with Gasteiger partial charge in [-0.2, -0.15) is 4.98 Å². The number of benzene rings is 1. The Morgan fingerprint density at radius 3 is 2.66 bits per heavy atom. The van der Waals surface area contributed by atoms with Crippen LogP contribution in [0.5, 0.6) is 5.88 Å². The van der Waals surface area contributed by atoms with Gasteiger partial charge in [-0.25, -0.2) is 4.98 Å². The molecule has 0 unspecified atom stereocenters. The Morgan fingerprint density at radius 1 is 1.19 bits per heavy atom. The fourth-order valence-corrected chi connectivity index (χ4v) is 3.27. The van der Waals surface area contributed by atoms with E-state index in [0.29, 0.717) is 43.4 Å². The van der Waals surface area contributed by atoms with Crippen molar-refractivity contribution in [1.29, 1.82) is 0 Å². The number of hydrogen-bond donors (Lipinski definition) is 3. The zero-order chi connectivity index (χ0) is 22.9. The van der Waals surface area contributed by atoms with E-state index in [2.05, 4.69) is 25.9 Å². The monoisotopic (exact) mass is 456 g/mol. The number of carbonyl (C=O) groups is 3. The third-order valence-corrected chi connectivity index (χ3v) is 4.97. The standard InChI is InChI=1S/C21H24N6O4S/c1-27(2)10-11-31-17-13-15(12-16-19(29)26-21(30)32-16)24-20(25-17)23-9-8-22-18(28)14-6-4-3-5-7-14/h3-7,12-13H,8-11H2,1-2H3,(H,22,28)(H,23,24,25)(H,26,29,30)/b16-12+. The van der Waals surface area contributed by atoms with Crippen LogP contribution in [0.1, 0.15) is 16.1 Å². The lowest BCUT2D eigenvalue weighted by Crippen LogP contribution is -2.29. The molecule has 3 N–H and O–H groups in total. The maximum absolute atomic E-state index is 12.1. The Kier molecular flexibility index (Phi) is 8.17. The zero-order valence-electron chi connectivity index (χ0n) is 17.8. The second-order valence-electron chi connectivity index (χ2n) is 7.01. The summed E-state index contributed by atoms with van der Waals surface area (Å²) in [7, 11) is 3.87. The van der Waals surface area contributed by atoms with Crippen molar-refractivity contribution in [2.75, 3.05) is 45.7 Å². The van der Waals surface area contributed by atoms with Gasteiger partial charge in [-0.15, -0.1) is 0 Å². The van der Waals surface area contributed by atoms with Gasteiger partial charge in [-0.1, -0.05) is 18.2 Å². The van der Waals surface area contributed by atoms with Gasteiger partial charge in [0.2, 0.25) is 11.8 Å². The smallest absolute Gasteiger partial charge is 0.290 e. The van der Waals surface area contributed by atoms with E-state index in [9.17, 15) is 14.4 Å². The van der Waals surface area contributed by atoms with Crippen LogP contribution in [0.15, 0.2) is 41.3 Å². The number of hydrogen-bond acceptors (Lipinski definition) is 9. The van der Waals surface area contributed by atoms with Crippen molar-refractivity contribution in [3.63, 3.8) is 0 Å². The number of aromatic nitrogens is 2. The number of ether oxygens (including phenoxy) is 1. The molecule has 0 spiro atoms. The Balaban J connectivity index is 1.65. The quantitative estimate of drug-likeness (QED) is 0.361. The molecule has 0 radical (unpaired) electrons. The molecule has 2 aromatic rings. The molecule has 3 amide bonds. The van der Waals surface area contributed by atoms with Crippen molar-refractivity contribution in [2.45, 2.75) is 0 Å².